The van der Waals surface area contributed by atoms with Crippen molar-refractivity contribution in [3.63, 3.8) is 0 Å². The summed E-state index contributed by atoms with van der Waals surface area (Å²) in [5, 5.41) is 9.29. The van der Waals surface area contributed by atoms with E-state index in [1.54, 1.807) is 36.4 Å². The van der Waals surface area contributed by atoms with Crippen molar-refractivity contribution in [3.05, 3.63) is 47.5 Å². The zero-order valence-electron chi connectivity index (χ0n) is 14.6. The Balaban J connectivity index is 2.62. The maximum absolute atomic E-state index is 11.3. The summed E-state index contributed by atoms with van der Waals surface area (Å²) in [5.41, 5.74) is 2.19. The van der Waals surface area contributed by atoms with E-state index in [2.05, 4.69) is 0 Å². The minimum atomic E-state index is -1.00. The second-order valence-electron chi connectivity index (χ2n) is 5.37. The number of hydrogen-bond acceptors (Lipinski definition) is 6. The summed E-state index contributed by atoms with van der Waals surface area (Å²) < 4.78 is 20.9. The normalized spacial score (nSPS) is 10.4. The van der Waals surface area contributed by atoms with Crippen molar-refractivity contribution in [2.45, 2.75) is 6.42 Å². The van der Waals surface area contributed by atoms with Gasteiger partial charge in [-0.25, -0.2) is 0 Å². The van der Waals surface area contributed by atoms with E-state index in [-0.39, 0.29) is 20.0 Å². The Morgan fingerprint density at radius 3 is 2.46 bits per heavy atom. The third-order valence-corrected chi connectivity index (χ3v) is 3.49. The van der Waals surface area contributed by atoms with Gasteiger partial charge in [0.25, 0.3) is 0 Å². The van der Waals surface area contributed by atoms with Crippen LogP contribution < -0.4 is 9.47 Å². The third-order valence-electron chi connectivity index (χ3n) is 3.49. The molecule has 0 spiro atoms. The van der Waals surface area contributed by atoms with Gasteiger partial charge in [-0.3, -0.25) is 9.59 Å². The first-order chi connectivity index (χ1) is 12.6. The lowest BCUT2D eigenvalue weighted by molar-refractivity contribution is -0.136. The molecule has 2 aromatic rings. The van der Waals surface area contributed by atoms with Gasteiger partial charge in [0, 0.05) is 31.4 Å². The van der Waals surface area contributed by atoms with Gasteiger partial charge in [-0.15, -0.1) is 0 Å². The average Bonchev–Trinajstić information content (AvgIpc) is 2.64. The maximum Gasteiger partial charge on any atom is 0.307 e. The van der Waals surface area contributed by atoms with E-state index in [1.807, 2.05) is 0 Å². The summed E-state index contributed by atoms with van der Waals surface area (Å²) in [4.78, 5) is 22.4. The van der Waals surface area contributed by atoms with E-state index in [0.29, 0.717) is 33.8 Å². The second-order valence-corrected chi connectivity index (χ2v) is 5.37. The Bertz CT molecular complexity index is 770. The molecule has 2 rings (SSSR count). The van der Waals surface area contributed by atoms with Crippen molar-refractivity contribution in [2.24, 2.45) is 0 Å². The molecule has 0 bridgehead atoms. The number of rotatable bonds is 10. The minimum absolute atomic E-state index is 0.0101. The topological polar surface area (TPSA) is 91.3 Å². The molecule has 0 saturated carbocycles. The van der Waals surface area contributed by atoms with Crippen LogP contribution in [0, 0.1) is 0 Å². The van der Waals surface area contributed by atoms with Gasteiger partial charge in [0.1, 0.15) is 17.8 Å². The van der Waals surface area contributed by atoms with Gasteiger partial charge in [-0.05, 0) is 23.3 Å². The molecule has 0 unspecified atom stereocenters. The van der Waals surface area contributed by atoms with Crippen LogP contribution in [0.25, 0.3) is 11.1 Å². The number of carbonyl (C=O) groups excluding carboxylic acids is 1. The Morgan fingerprint density at radius 2 is 1.81 bits per heavy atom. The molecule has 26 heavy (non-hydrogen) atoms. The monoisotopic (exact) mass is 360 g/mol. The first-order valence-electron chi connectivity index (χ1n) is 7.76. The van der Waals surface area contributed by atoms with Gasteiger partial charge in [-0.2, -0.15) is 0 Å². The van der Waals surface area contributed by atoms with Crippen LogP contribution in [-0.4, -0.2) is 45.2 Å². The number of ether oxygens (including phenoxy) is 4. The molecule has 0 fully saturated rings. The molecule has 0 aliphatic heterocycles. The number of carbonyl (C=O) groups is 2. The number of benzene rings is 2. The van der Waals surface area contributed by atoms with Crippen molar-refractivity contribution in [2.75, 3.05) is 27.8 Å². The lowest BCUT2D eigenvalue weighted by Gasteiger charge is -2.17. The molecular weight excluding hydrogens is 340 g/mol. The fourth-order valence-electron chi connectivity index (χ4n) is 2.49. The summed E-state index contributed by atoms with van der Waals surface area (Å²) >= 11 is 0. The van der Waals surface area contributed by atoms with Gasteiger partial charge < -0.3 is 24.1 Å². The SMILES string of the molecule is COCOc1cc(CC(=O)O)c(-c2cccc(C=O)c2)c(OCOC)c1. The summed E-state index contributed by atoms with van der Waals surface area (Å²) in [5.74, 6) is -0.205. The molecule has 0 aromatic heterocycles. The molecule has 0 aliphatic carbocycles. The molecule has 2 aromatic carbocycles. The van der Waals surface area contributed by atoms with Crippen molar-refractivity contribution in [1.82, 2.24) is 0 Å². The predicted molar refractivity (Wildman–Crippen MR) is 93.6 cm³/mol. The predicted octanol–water partition coefficient (Wildman–Crippen LogP) is 2.76. The molecule has 0 saturated heterocycles. The average molecular weight is 360 g/mol. The number of hydrogen-bond donors (Lipinski definition) is 1. The van der Waals surface area contributed by atoms with Gasteiger partial charge >= 0.3 is 5.97 Å². The molecule has 0 radical (unpaired) electrons. The van der Waals surface area contributed by atoms with E-state index in [1.165, 1.54) is 14.2 Å². The first-order valence-corrected chi connectivity index (χ1v) is 7.76. The van der Waals surface area contributed by atoms with Crippen LogP contribution >= 0.6 is 0 Å². The number of aliphatic carboxylic acids is 1. The smallest absolute Gasteiger partial charge is 0.307 e. The number of carboxylic acid groups (broad SMARTS) is 1. The highest BCUT2D eigenvalue weighted by molar-refractivity contribution is 5.84. The van der Waals surface area contributed by atoms with Gasteiger partial charge in [0.15, 0.2) is 13.6 Å². The van der Waals surface area contributed by atoms with Gasteiger partial charge in [0.2, 0.25) is 0 Å². The molecule has 1 N–H and O–H groups in total. The summed E-state index contributed by atoms with van der Waals surface area (Å²) in [6.45, 7) is -0.0170. The van der Waals surface area contributed by atoms with Crippen molar-refractivity contribution in [1.29, 1.82) is 0 Å². The van der Waals surface area contributed by atoms with Crippen LogP contribution in [0.3, 0.4) is 0 Å². The Hall–Kier alpha value is -2.90. The van der Waals surface area contributed by atoms with E-state index < -0.39 is 5.97 Å². The van der Waals surface area contributed by atoms with Crippen LogP contribution in [0.2, 0.25) is 0 Å². The number of aldehydes is 1. The van der Waals surface area contributed by atoms with Crippen molar-refractivity contribution >= 4 is 12.3 Å². The van der Waals surface area contributed by atoms with E-state index in [0.717, 1.165) is 6.29 Å². The van der Waals surface area contributed by atoms with Crippen LogP contribution in [0.1, 0.15) is 15.9 Å². The lowest BCUT2D eigenvalue weighted by atomic mass is 9.95. The van der Waals surface area contributed by atoms with Crippen LogP contribution in [0.15, 0.2) is 36.4 Å². The molecule has 7 nitrogen and oxygen atoms in total. The first kappa shape index (κ1) is 19.4. The van der Waals surface area contributed by atoms with E-state index >= 15 is 0 Å². The Kier molecular flexibility index (Phi) is 7.13. The van der Waals surface area contributed by atoms with Gasteiger partial charge in [-0.1, -0.05) is 18.2 Å². The van der Waals surface area contributed by atoms with Gasteiger partial charge in [0.05, 0.1) is 6.42 Å². The highest BCUT2D eigenvalue weighted by Gasteiger charge is 2.18. The fraction of sp³-hybridized carbons (Fsp3) is 0.263. The third kappa shape index (κ3) is 5.05. The highest BCUT2D eigenvalue weighted by atomic mass is 16.7. The molecule has 0 aliphatic rings. The number of methoxy groups -OCH3 is 2. The standard InChI is InChI=1S/C19H20O7/c1-23-11-25-16-7-15(8-18(21)22)19(17(9-16)26-12-24-2)14-5-3-4-13(6-14)10-20/h3-7,9-10H,8,11-12H2,1-2H3,(H,21,22). The molecule has 7 heteroatoms. The van der Waals surface area contributed by atoms with Crippen molar-refractivity contribution in [3.8, 4) is 22.6 Å². The maximum atomic E-state index is 11.3. The number of carboxylic acids is 1. The minimum Gasteiger partial charge on any atom is -0.481 e. The zero-order chi connectivity index (χ0) is 18.9. The molecule has 138 valence electrons. The van der Waals surface area contributed by atoms with Crippen LogP contribution in [0.4, 0.5) is 0 Å². The summed E-state index contributed by atoms with van der Waals surface area (Å²) in [6, 6.07) is 10.1. The molecular formula is C19H20O7. The quantitative estimate of drug-likeness (QED) is 0.514. The van der Waals surface area contributed by atoms with E-state index in [9.17, 15) is 14.7 Å². The molecule has 0 amide bonds. The largest absolute Gasteiger partial charge is 0.481 e. The van der Waals surface area contributed by atoms with Crippen LogP contribution in [0.5, 0.6) is 11.5 Å². The second kappa shape index (κ2) is 9.55. The van der Waals surface area contributed by atoms with E-state index in [4.69, 9.17) is 18.9 Å². The highest BCUT2D eigenvalue weighted by Crippen LogP contribution is 2.38. The Labute approximate surface area is 151 Å². The summed E-state index contributed by atoms with van der Waals surface area (Å²) in [6.07, 6.45) is 0.486. The lowest BCUT2D eigenvalue weighted by Crippen LogP contribution is -2.08. The van der Waals surface area contributed by atoms with Crippen LogP contribution in [-0.2, 0) is 20.7 Å². The zero-order valence-corrected chi connectivity index (χ0v) is 14.6. The molecule has 0 atom stereocenters. The summed E-state index contributed by atoms with van der Waals surface area (Å²) in [7, 11) is 2.97. The fourth-order valence-corrected chi connectivity index (χ4v) is 2.49. The molecule has 0 heterocycles. The Morgan fingerprint density at radius 1 is 1.08 bits per heavy atom. The van der Waals surface area contributed by atoms with Crippen molar-refractivity contribution < 1.29 is 33.6 Å².